The summed E-state index contributed by atoms with van der Waals surface area (Å²) < 4.78 is 38.9. The number of sulfonamides is 1. The Hall–Kier alpha value is -1.37. The molecule has 0 N–H and O–H groups in total. The highest BCUT2D eigenvalue weighted by molar-refractivity contribution is 7.99. The first-order valence-corrected chi connectivity index (χ1v) is 8.82. The lowest BCUT2D eigenvalue weighted by atomic mass is 10.4. The zero-order valence-corrected chi connectivity index (χ0v) is 13.2. The van der Waals surface area contributed by atoms with Gasteiger partial charge in [0.2, 0.25) is 10.0 Å². The zero-order chi connectivity index (χ0) is 15.3. The van der Waals surface area contributed by atoms with Gasteiger partial charge in [-0.05, 0) is 30.3 Å². The highest BCUT2D eigenvalue weighted by Gasteiger charge is 2.20. The summed E-state index contributed by atoms with van der Waals surface area (Å²) >= 11 is 1.58. The summed E-state index contributed by atoms with van der Waals surface area (Å²) in [4.78, 5) is 1.07. The van der Waals surface area contributed by atoms with Crippen molar-refractivity contribution in [1.29, 1.82) is 0 Å². The van der Waals surface area contributed by atoms with Crippen LogP contribution in [0.4, 0.5) is 4.39 Å². The van der Waals surface area contributed by atoms with Crippen LogP contribution >= 0.6 is 11.8 Å². The van der Waals surface area contributed by atoms with Crippen LogP contribution in [0.3, 0.4) is 0 Å². The van der Waals surface area contributed by atoms with Crippen LogP contribution in [-0.4, -0.2) is 32.1 Å². The Bertz CT molecular complexity index is 690. The maximum Gasteiger partial charge on any atom is 0.242 e. The fourth-order valence-electron chi connectivity index (χ4n) is 1.74. The molecule has 112 valence electrons. The Balaban J connectivity index is 1.97. The van der Waals surface area contributed by atoms with Gasteiger partial charge < -0.3 is 0 Å². The third-order valence-electron chi connectivity index (χ3n) is 2.92. The molecule has 0 bridgehead atoms. The molecule has 0 saturated heterocycles. The van der Waals surface area contributed by atoms with E-state index in [2.05, 4.69) is 0 Å². The first-order valence-electron chi connectivity index (χ1n) is 6.40. The molecule has 0 amide bonds. The smallest absolute Gasteiger partial charge is 0.207 e. The minimum Gasteiger partial charge on any atom is -0.207 e. The summed E-state index contributed by atoms with van der Waals surface area (Å²) in [5.41, 5.74) is 0. The molecule has 0 saturated carbocycles. The van der Waals surface area contributed by atoms with Crippen LogP contribution in [0, 0.1) is 5.82 Å². The Morgan fingerprint density at radius 1 is 1.10 bits per heavy atom. The van der Waals surface area contributed by atoms with Crippen molar-refractivity contribution < 1.29 is 12.8 Å². The van der Waals surface area contributed by atoms with Crippen molar-refractivity contribution in [3.8, 4) is 0 Å². The molecule has 0 aliphatic rings. The van der Waals surface area contributed by atoms with Crippen molar-refractivity contribution in [3.63, 3.8) is 0 Å². The van der Waals surface area contributed by atoms with Crippen molar-refractivity contribution >= 4 is 21.8 Å². The summed E-state index contributed by atoms with van der Waals surface area (Å²) in [5.74, 6) is 0.0813. The van der Waals surface area contributed by atoms with E-state index in [1.165, 1.54) is 29.6 Å². The molecule has 0 heterocycles. The fourth-order valence-corrected chi connectivity index (χ4v) is 4.01. The van der Waals surface area contributed by atoms with Gasteiger partial charge in [-0.15, -0.1) is 11.8 Å². The van der Waals surface area contributed by atoms with Crippen molar-refractivity contribution in [2.24, 2.45) is 0 Å². The normalized spacial score (nSPS) is 11.8. The lowest BCUT2D eigenvalue weighted by Gasteiger charge is -2.17. The Labute approximate surface area is 128 Å². The third-order valence-corrected chi connectivity index (χ3v) is 5.77. The minimum absolute atomic E-state index is 0.0188. The van der Waals surface area contributed by atoms with Gasteiger partial charge in [-0.1, -0.05) is 24.3 Å². The third kappa shape index (κ3) is 4.30. The van der Waals surface area contributed by atoms with Crippen molar-refractivity contribution in [1.82, 2.24) is 4.31 Å². The van der Waals surface area contributed by atoms with E-state index in [1.807, 2.05) is 30.3 Å². The van der Waals surface area contributed by atoms with Gasteiger partial charge >= 0.3 is 0 Å². The second-order valence-electron chi connectivity index (χ2n) is 4.45. The second kappa shape index (κ2) is 7.06. The maximum absolute atomic E-state index is 13.1. The molecule has 0 spiro atoms. The Kier molecular flexibility index (Phi) is 5.39. The molecule has 0 fully saturated rings. The molecule has 0 atom stereocenters. The zero-order valence-electron chi connectivity index (χ0n) is 11.6. The average Bonchev–Trinajstić information content (AvgIpc) is 2.48. The lowest BCUT2D eigenvalue weighted by molar-refractivity contribution is 0.487. The van der Waals surface area contributed by atoms with Gasteiger partial charge in [0, 0.05) is 24.2 Å². The van der Waals surface area contributed by atoms with Crippen molar-refractivity contribution in [2.75, 3.05) is 19.3 Å². The first kappa shape index (κ1) is 16.0. The number of hydrogen-bond donors (Lipinski definition) is 0. The molecule has 0 aliphatic carbocycles. The SMILES string of the molecule is CN(CCSc1ccccc1)S(=O)(=O)c1cccc(F)c1. The van der Waals surface area contributed by atoms with E-state index in [1.54, 1.807) is 11.8 Å². The number of hydrogen-bond acceptors (Lipinski definition) is 3. The van der Waals surface area contributed by atoms with Crippen LogP contribution in [0.25, 0.3) is 0 Å². The molecule has 0 aliphatic heterocycles. The van der Waals surface area contributed by atoms with E-state index in [4.69, 9.17) is 0 Å². The van der Waals surface area contributed by atoms with Gasteiger partial charge in [-0.2, -0.15) is 0 Å². The summed E-state index contributed by atoms with van der Waals surface area (Å²) in [7, 11) is -2.13. The largest absolute Gasteiger partial charge is 0.242 e. The van der Waals surface area contributed by atoms with Gasteiger partial charge in [0.1, 0.15) is 5.82 Å². The number of nitrogens with zero attached hydrogens (tertiary/aromatic N) is 1. The van der Waals surface area contributed by atoms with E-state index < -0.39 is 15.8 Å². The Morgan fingerprint density at radius 2 is 1.81 bits per heavy atom. The molecule has 0 unspecified atom stereocenters. The number of benzene rings is 2. The summed E-state index contributed by atoms with van der Waals surface area (Å²) in [5, 5.41) is 0. The van der Waals surface area contributed by atoms with Gasteiger partial charge in [0.25, 0.3) is 0 Å². The highest BCUT2D eigenvalue weighted by atomic mass is 32.2. The van der Waals surface area contributed by atoms with Crippen LogP contribution < -0.4 is 0 Å². The first-order chi connectivity index (χ1) is 10.00. The number of thioether (sulfide) groups is 1. The monoisotopic (exact) mass is 325 g/mol. The summed E-state index contributed by atoms with van der Waals surface area (Å²) in [6.07, 6.45) is 0. The topological polar surface area (TPSA) is 37.4 Å². The lowest BCUT2D eigenvalue weighted by Crippen LogP contribution is -2.29. The molecule has 3 nitrogen and oxygen atoms in total. The van der Waals surface area contributed by atoms with Gasteiger partial charge in [0.15, 0.2) is 0 Å². The second-order valence-corrected chi connectivity index (χ2v) is 7.66. The molecule has 6 heteroatoms. The van der Waals surface area contributed by atoms with Crippen molar-refractivity contribution in [2.45, 2.75) is 9.79 Å². The van der Waals surface area contributed by atoms with Gasteiger partial charge in [-0.25, -0.2) is 17.1 Å². The van der Waals surface area contributed by atoms with Gasteiger partial charge in [-0.3, -0.25) is 0 Å². The van der Waals surface area contributed by atoms with Crippen LogP contribution in [0.2, 0.25) is 0 Å². The van der Waals surface area contributed by atoms with Crippen LogP contribution in [0.15, 0.2) is 64.4 Å². The summed E-state index contributed by atoms with van der Waals surface area (Å²) in [6, 6.07) is 14.8. The van der Waals surface area contributed by atoms with E-state index in [0.717, 1.165) is 11.0 Å². The number of rotatable bonds is 6. The molecule has 2 aromatic rings. The molecule has 0 aromatic heterocycles. The average molecular weight is 325 g/mol. The molecular weight excluding hydrogens is 309 g/mol. The molecule has 0 radical (unpaired) electrons. The summed E-state index contributed by atoms with van der Waals surface area (Å²) in [6.45, 7) is 0.360. The standard InChI is InChI=1S/C15H16FNO2S2/c1-17(10-11-20-14-7-3-2-4-8-14)21(18,19)15-9-5-6-13(16)12-15/h2-9,12H,10-11H2,1H3. The fraction of sp³-hybridized carbons (Fsp3) is 0.200. The van der Waals surface area contributed by atoms with Crippen LogP contribution in [-0.2, 0) is 10.0 Å². The van der Waals surface area contributed by atoms with E-state index in [-0.39, 0.29) is 4.90 Å². The number of halogens is 1. The van der Waals surface area contributed by atoms with E-state index in [0.29, 0.717) is 12.3 Å². The molecule has 2 rings (SSSR count). The molecule has 2 aromatic carbocycles. The maximum atomic E-state index is 13.1. The predicted octanol–water partition coefficient (Wildman–Crippen LogP) is 3.24. The highest BCUT2D eigenvalue weighted by Crippen LogP contribution is 2.19. The van der Waals surface area contributed by atoms with Crippen LogP contribution in [0.1, 0.15) is 0 Å². The van der Waals surface area contributed by atoms with Gasteiger partial charge in [0.05, 0.1) is 4.90 Å². The van der Waals surface area contributed by atoms with E-state index in [9.17, 15) is 12.8 Å². The quantitative estimate of drug-likeness (QED) is 0.765. The van der Waals surface area contributed by atoms with Crippen LogP contribution in [0.5, 0.6) is 0 Å². The molecule has 21 heavy (non-hydrogen) atoms. The minimum atomic E-state index is -3.64. The Morgan fingerprint density at radius 3 is 2.48 bits per heavy atom. The van der Waals surface area contributed by atoms with E-state index >= 15 is 0 Å². The predicted molar refractivity (Wildman–Crippen MR) is 83.4 cm³/mol. The van der Waals surface area contributed by atoms with Crippen molar-refractivity contribution in [3.05, 3.63) is 60.4 Å². The molecular formula is C15H16FNO2S2.